The maximum atomic E-state index is 12.5. The Hall–Kier alpha value is -0.940. The molecule has 1 fully saturated rings. The average molecular weight is 295 g/mol. The van der Waals surface area contributed by atoms with E-state index in [2.05, 4.69) is 18.8 Å². The molecule has 0 bridgehead atoms. The predicted octanol–water partition coefficient (Wildman–Crippen LogP) is 2.54. The molecule has 5 heteroatoms. The van der Waals surface area contributed by atoms with Gasteiger partial charge in [0.05, 0.1) is 5.01 Å². The molecular weight excluding hydrogens is 270 g/mol. The molecule has 0 spiro atoms. The topological polar surface area (TPSA) is 59.2 Å². The van der Waals surface area contributed by atoms with Crippen molar-refractivity contribution in [2.75, 3.05) is 19.6 Å². The molecule has 2 N–H and O–H groups in total. The van der Waals surface area contributed by atoms with Crippen molar-refractivity contribution in [1.29, 1.82) is 0 Å². The number of rotatable bonds is 5. The first-order valence-corrected chi connectivity index (χ1v) is 8.42. The number of hydrogen-bond acceptors (Lipinski definition) is 4. The van der Waals surface area contributed by atoms with Crippen molar-refractivity contribution >= 4 is 17.2 Å². The van der Waals surface area contributed by atoms with E-state index in [0.29, 0.717) is 24.1 Å². The Morgan fingerprint density at radius 2 is 2.40 bits per heavy atom. The van der Waals surface area contributed by atoms with Gasteiger partial charge in [-0.1, -0.05) is 13.8 Å². The highest BCUT2D eigenvalue weighted by Crippen LogP contribution is 2.24. The Bertz CT molecular complexity index is 444. The standard InChI is InChI=1S/C15H25N3OS/c1-11(2)8-12-4-3-7-18(9-12)15(19)13-10-20-14(17-13)5-6-16/h10-12H,3-9,16H2,1-2H3. The molecule has 1 saturated heterocycles. The van der Waals surface area contributed by atoms with Crippen LogP contribution in [0.2, 0.25) is 0 Å². The number of nitrogens with two attached hydrogens (primary N) is 1. The first-order chi connectivity index (χ1) is 9.60. The zero-order valence-electron chi connectivity index (χ0n) is 12.5. The Balaban J connectivity index is 1.96. The van der Waals surface area contributed by atoms with Gasteiger partial charge in [0.15, 0.2) is 0 Å². The van der Waals surface area contributed by atoms with E-state index in [-0.39, 0.29) is 5.91 Å². The quantitative estimate of drug-likeness (QED) is 0.908. The lowest BCUT2D eigenvalue weighted by molar-refractivity contribution is 0.0654. The summed E-state index contributed by atoms with van der Waals surface area (Å²) in [6.07, 6.45) is 4.33. The molecule has 20 heavy (non-hydrogen) atoms. The molecule has 2 heterocycles. The predicted molar refractivity (Wildman–Crippen MR) is 83.0 cm³/mol. The van der Waals surface area contributed by atoms with Gasteiger partial charge in [0.1, 0.15) is 5.69 Å². The van der Waals surface area contributed by atoms with Gasteiger partial charge in [-0.15, -0.1) is 11.3 Å². The summed E-state index contributed by atoms with van der Waals surface area (Å²) >= 11 is 1.54. The second-order valence-corrected chi connectivity index (χ2v) is 7.00. The van der Waals surface area contributed by atoms with Gasteiger partial charge in [-0.3, -0.25) is 4.79 Å². The fourth-order valence-corrected chi connectivity index (χ4v) is 3.71. The maximum absolute atomic E-state index is 12.5. The smallest absolute Gasteiger partial charge is 0.273 e. The Kier molecular flexibility index (Phi) is 5.54. The van der Waals surface area contributed by atoms with E-state index in [0.717, 1.165) is 30.9 Å². The zero-order chi connectivity index (χ0) is 14.5. The van der Waals surface area contributed by atoms with E-state index in [4.69, 9.17) is 5.73 Å². The molecular formula is C15H25N3OS. The van der Waals surface area contributed by atoms with Crippen LogP contribution in [0.3, 0.4) is 0 Å². The van der Waals surface area contributed by atoms with Crippen LogP contribution in [-0.2, 0) is 6.42 Å². The van der Waals surface area contributed by atoms with E-state index in [1.165, 1.54) is 24.2 Å². The van der Waals surface area contributed by atoms with Crippen LogP contribution >= 0.6 is 11.3 Å². The first-order valence-electron chi connectivity index (χ1n) is 7.54. The summed E-state index contributed by atoms with van der Waals surface area (Å²) in [6.45, 7) is 6.85. The molecule has 0 aliphatic carbocycles. The summed E-state index contributed by atoms with van der Waals surface area (Å²) in [4.78, 5) is 18.9. The number of nitrogens with zero attached hydrogens (tertiary/aromatic N) is 2. The molecule has 2 rings (SSSR count). The van der Waals surface area contributed by atoms with Crippen LogP contribution in [0.15, 0.2) is 5.38 Å². The highest BCUT2D eigenvalue weighted by atomic mass is 32.1. The third-order valence-corrected chi connectivity index (χ3v) is 4.65. The molecule has 1 unspecified atom stereocenters. The van der Waals surface area contributed by atoms with Gasteiger partial charge in [0.25, 0.3) is 5.91 Å². The van der Waals surface area contributed by atoms with Crippen molar-refractivity contribution in [1.82, 2.24) is 9.88 Å². The van der Waals surface area contributed by atoms with Crippen LogP contribution in [0.5, 0.6) is 0 Å². The molecule has 1 aliphatic heterocycles. The lowest BCUT2D eigenvalue weighted by Crippen LogP contribution is -2.40. The summed E-state index contributed by atoms with van der Waals surface area (Å²) in [5.41, 5.74) is 6.13. The van der Waals surface area contributed by atoms with Crippen molar-refractivity contribution in [2.45, 2.75) is 39.5 Å². The normalized spacial score (nSPS) is 19.6. The lowest BCUT2D eigenvalue weighted by Gasteiger charge is -2.33. The summed E-state index contributed by atoms with van der Waals surface area (Å²) in [6, 6.07) is 0. The third kappa shape index (κ3) is 4.03. The highest BCUT2D eigenvalue weighted by Gasteiger charge is 2.26. The largest absolute Gasteiger partial charge is 0.337 e. The molecule has 1 amide bonds. The van der Waals surface area contributed by atoms with E-state index >= 15 is 0 Å². The minimum absolute atomic E-state index is 0.0953. The molecule has 1 aromatic heterocycles. The second kappa shape index (κ2) is 7.18. The summed E-state index contributed by atoms with van der Waals surface area (Å²) < 4.78 is 0. The van der Waals surface area contributed by atoms with E-state index in [9.17, 15) is 4.79 Å². The Morgan fingerprint density at radius 3 is 3.10 bits per heavy atom. The third-order valence-electron chi connectivity index (χ3n) is 3.74. The molecule has 1 aliphatic rings. The van der Waals surface area contributed by atoms with Gasteiger partial charge in [0, 0.05) is 24.9 Å². The summed E-state index contributed by atoms with van der Waals surface area (Å²) in [5.74, 6) is 1.44. The summed E-state index contributed by atoms with van der Waals surface area (Å²) in [5, 5.41) is 2.84. The van der Waals surface area contributed by atoms with Crippen LogP contribution in [0.25, 0.3) is 0 Å². The SMILES string of the molecule is CC(C)CC1CCCN(C(=O)c2csc(CCN)n2)C1. The van der Waals surface area contributed by atoms with Crippen LogP contribution in [0.1, 0.15) is 48.6 Å². The van der Waals surface area contributed by atoms with Crippen LogP contribution in [-0.4, -0.2) is 35.4 Å². The minimum Gasteiger partial charge on any atom is -0.337 e. The lowest BCUT2D eigenvalue weighted by atomic mass is 9.89. The second-order valence-electron chi connectivity index (χ2n) is 6.05. The number of carbonyl (C=O) groups excluding carboxylic acids is 1. The molecule has 0 saturated carbocycles. The molecule has 1 atom stereocenters. The van der Waals surface area contributed by atoms with E-state index in [1.54, 1.807) is 0 Å². The van der Waals surface area contributed by atoms with Gasteiger partial charge >= 0.3 is 0 Å². The van der Waals surface area contributed by atoms with Gasteiger partial charge in [-0.05, 0) is 37.6 Å². The summed E-state index contributed by atoms with van der Waals surface area (Å²) in [7, 11) is 0. The monoisotopic (exact) mass is 295 g/mol. The minimum atomic E-state index is 0.0953. The molecule has 0 radical (unpaired) electrons. The fourth-order valence-electron chi connectivity index (χ4n) is 2.92. The van der Waals surface area contributed by atoms with Crippen LogP contribution in [0.4, 0.5) is 0 Å². The van der Waals surface area contributed by atoms with Crippen LogP contribution < -0.4 is 5.73 Å². The number of thiazole rings is 1. The first kappa shape index (κ1) is 15.4. The molecule has 112 valence electrons. The van der Waals surface area contributed by atoms with Crippen molar-refractivity contribution in [3.8, 4) is 0 Å². The number of hydrogen-bond donors (Lipinski definition) is 1. The molecule has 4 nitrogen and oxygen atoms in total. The fraction of sp³-hybridized carbons (Fsp3) is 0.733. The number of likely N-dealkylation sites (tertiary alicyclic amines) is 1. The van der Waals surface area contributed by atoms with Crippen LogP contribution in [0, 0.1) is 11.8 Å². The Labute approximate surface area is 125 Å². The maximum Gasteiger partial charge on any atom is 0.273 e. The number of amides is 1. The van der Waals surface area contributed by atoms with Gasteiger partial charge in [-0.2, -0.15) is 0 Å². The van der Waals surface area contributed by atoms with Crippen molar-refractivity contribution in [2.24, 2.45) is 17.6 Å². The van der Waals surface area contributed by atoms with E-state index < -0.39 is 0 Å². The highest BCUT2D eigenvalue weighted by molar-refractivity contribution is 7.09. The number of piperidine rings is 1. The number of carbonyl (C=O) groups is 1. The van der Waals surface area contributed by atoms with Crippen molar-refractivity contribution in [3.05, 3.63) is 16.1 Å². The van der Waals surface area contributed by atoms with Gasteiger partial charge in [0.2, 0.25) is 0 Å². The number of aromatic nitrogens is 1. The Morgan fingerprint density at radius 1 is 1.60 bits per heavy atom. The van der Waals surface area contributed by atoms with Gasteiger partial charge in [-0.25, -0.2) is 4.98 Å². The van der Waals surface area contributed by atoms with Crippen molar-refractivity contribution < 1.29 is 4.79 Å². The molecule has 1 aromatic rings. The van der Waals surface area contributed by atoms with E-state index in [1.807, 2.05) is 10.3 Å². The van der Waals surface area contributed by atoms with Gasteiger partial charge < -0.3 is 10.6 Å². The average Bonchev–Trinajstić information content (AvgIpc) is 2.86. The molecule has 0 aromatic carbocycles. The zero-order valence-corrected chi connectivity index (χ0v) is 13.3. The van der Waals surface area contributed by atoms with Crippen molar-refractivity contribution in [3.63, 3.8) is 0 Å².